The minimum atomic E-state index is 0.418. The van der Waals surface area contributed by atoms with Crippen molar-refractivity contribution >= 4 is 5.84 Å². The molecule has 1 fully saturated rings. The third-order valence-corrected chi connectivity index (χ3v) is 6.47. The van der Waals surface area contributed by atoms with Crippen molar-refractivity contribution in [3.63, 3.8) is 0 Å². The average Bonchev–Trinajstić information content (AvgIpc) is 2.54. The molecule has 26 heavy (non-hydrogen) atoms. The van der Waals surface area contributed by atoms with E-state index in [2.05, 4.69) is 64.9 Å². The van der Waals surface area contributed by atoms with Crippen molar-refractivity contribution in [3.8, 4) is 0 Å². The van der Waals surface area contributed by atoms with E-state index in [-0.39, 0.29) is 0 Å². The molecule has 1 N–H and O–H groups in total. The Morgan fingerprint density at radius 3 is 2.65 bits per heavy atom. The molecule has 0 spiro atoms. The molecule has 5 atom stereocenters. The molecule has 0 aromatic rings. The Bertz CT molecular complexity index is 494. The van der Waals surface area contributed by atoms with E-state index in [1.165, 1.54) is 45.1 Å². The largest absolute Gasteiger partial charge is 0.372 e. The van der Waals surface area contributed by atoms with E-state index < -0.39 is 0 Å². The second-order valence-electron chi connectivity index (χ2n) is 9.48. The molecule has 1 saturated heterocycles. The molecule has 5 unspecified atom stereocenters. The normalized spacial score (nSPS) is 30.8. The van der Waals surface area contributed by atoms with Gasteiger partial charge in [-0.3, -0.25) is 4.99 Å². The zero-order chi connectivity index (χ0) is 19.3. The lowest BCUT2D eigenvalue weighted by molar-refractivity contribution is 0.103. The first-order chi connectivity index (χ1) is 12.3. The first kappa shape index (κ1) is 21.5. The maximum Gasteiger partial charge on any atom is 0.0937 e. The minimum absolute atomic E-state index is 0.418. The summed E-state index contributed by atoms with van der Waals surface area (Å²) in [5, 5.41) is 3.67. The van der Waals surface area contributed by atoms with Crippen LogP contribution in [0.5, 0.6) is 0 Å². The summed E-state index contributed by atoms with van der Waals surface area (Å²) < 4.78 is 0. The van der Waals surface area contributed by atoms with E-state index in [0.717, 1.165) is 11.8 Å². The van der Waals surface area contributed by atoms with E-state index >= 15 is 0 Å². The molecular weight excluding hydrogens is 318 g/mol. The molecule has 2 aliphatic rings. The summed E-state index contributed by atoms with van der Waals surface area (Å²) in [4.78, 5) is 7.87. The number of likely N-dealkylation sites (tertiary alicyclic amines) is 1. The summed E-state index contributed by atoms with van der Waals surface area (Å²) in [6, 6.07) is 1.53. The van der Waals surface area contributed by atoms with Gasteiger partial charge >= 0.3 is 0 Å². The van der Waals surface area contributed by atoms with Crippen molar-refractivity contribution in [1.29, 1.82) is 0 Å². The summed E-state index contributed by atoms with van der Waals surface area (Å²) in [5.74, 6) is 3.13. The number of rotatable bonds is 6. The minimum Gasteiger partial charge on any atom is -0.372 e. The van der Waals surface area contributed by atoms with Gasteiger partial charge in [-0.15, -0.1) is 0 Å². The molecule has 0 saturated carbocycles. The molecule has 2 rings (SSSR count). The smallest absolute Gasteiger partial charge is 0.0937 e. The Kier molecular flexibility index (Phi) is 8.19. The van der Waals surface area contributed by atoms with Gasteiger partial charge in [0.2, 0.25) is 0 Å². The lowest BCUT2D eigenvalue weighted by atomic mass is 9.75. The Hall–Kier alpha value is -0.830. The van der Waals surface area contributed by atoms with Crippen molar-refractivity contribution < 1.29 is 0 Å². The van der Waals surface area contributed by atoms with Crippen LogP contribution in [0.2, 0.25) is 0 Å². The van der Waals surface area contributed by atoms with Crippen LogP contribution in [0.1, 0.15) is 80.1 Å². The van der Waals surface area contributed by atoms with Crippen molar-refractivity contribution in [3.05, 3.63) is 11.6 Å². The zero-order valence-corrected chi connectivity index (χ0v) is 18.4. The zero-order valence-electron chi connectivity index (χ0n) is 18.4. The Labute approximate surface area is 162 Å². The van der Waals surface area contributed by atoms with Crippen LogP contribution >= 0.6 is 0 Å². The second kappa shape index (κ2) is 9.92. The van der Waals surface area contributed by atoms with Crippen LogP contribution in [0.25, 0.3) is 0 Å². The highest BCUT2D eigenvalue weighted by atomic mass is 15.1. The summed E-state index contributed by atoms with van der Waals surface area (Å²) in [6.45, 7) is 15.0. The average molecular weight is 362 g/mol. The van der Waals surface area contributed by atoms with Crippen LogP contribution in [0.15, 0.2) is 16.6 Å². The molecular formula is C23H43N3. The number of hydrogen-bond acceptors (Lipinski definition) is 2. The number of allylic oxidation sites excluding steroid dienone is 1. The first-order valence-corrected chi connectivity index (χ1v) is 11.0. The van der Waals surface area contributed by atoms with Gasteiger partial charge in [-0.2, -0.15) is 0 Å². The van der Waals surface area contributed by atoms with E-state index in [1.807, 2.05) is 0 Å². The van der Waals surface area contributed by atoms with Gasteiger partial charge in [-0.25, -0.2) is 0 Å². The fourth-order valence-corrected chi connectivity index (χ4v) is 5.11. The molecule has 0 amide bonds. The number of piperidine rings is 1. The van der Waals surface area contributed by atoms with Crippen LogP contribution in [-0.4, -0.2) is 42.5 Å². The maximum atomic E-state index is 5.32. The van der Waals surface area contributed by atoms with Crippen LogP contribution in [0.4, 0.5) is 0 Å². The molecule has 0 aromatic heterocycles. The van der Waals surface area contributed by atoms with Gasteiger partial charge in [0, 0.05) is 12.1 Å². The topological polar surface area (TPSA) is 27.6 Å². The summed E-state index contributed by atoms with van der Waals surface area (Å²) in [6.07, 6.45) is 10.3. The number of amidine groups is 1. The monoisotopic (exact) mass is 361 g/mol. The van der Waals surface area contributed by atoms with E-state index in [4.69, 9.17) is 4.99 Å². The maximum absolute atomic E-state index is 5.32. The molecule has 150 valence electrons. The Morgan fingerprint density at radius 1 is 1.27 bits per heavy atom. The summed E-state index contributed by atoms with van der Waals surface area (Å²) in [5.41, 5.74) is 1.57. The SMILES string of the molecule is CC1=CC(C(/N=C(\C)NC(C)CC(C)C)C2CCCN(C)C2C)CCC1. The predicted octanol–water partition coefficient (Wildman–Crippen LogP) is 5.27. The van der Waals surface area contributed by atoms with Crippen molar-refractivity contribution in [2.45, 2.75) is 98.2 Å². The van der Waals surface area contributed by atoms with Crippen LogP contribution in [0.3, 0.4) is 0 Å². The third-order valence-electron chi connectivity index (χ3n) is 6.47. The van der Waals surface area contributed by atoms with E-state index in [1.54, 1.807) is 5.57 Å². The summed E-state index contributed by atoms with van der Waals surface area (Å²) in [7, 11) is 2.29. The molecule has 3 nitrogen and oxygen atoms in total. The highest BCUT2D eigenvalue weighted by Gasteiger charge is 2.36. The van der Waals surface area contributed by atoms with Gasteiger partial charge in [0.05, 0.1) is 11.9 Å². The van der Waals surface area contributed by atoms with Gasteiger partial charge in [0.25, 0.3) is 0 Å². The second-order valence-corrected chi connectivity index (χ2v) is 9.48. The van der Waals surface area contributed by atoms with Gasteiger partial charge in [0.15, 0.2) is 0 Å². The molecule has 1 aliphatic carbocycles. The van der Waals surface area contributed by atoms with Gasteiger partial charge in [0.1, 0.15) is 0 Å². The van der Waals surface area contributed by atoms with Crippen LogP contribution < -0.4 is 5.32 Å². The lowest BCUT2D eigenvalue weighted by Crippen LogP contribution is -2.47. The Balaban J connectivity index is 2.19. The Morgan fingerprint density at radius 2 is 2.00 bits per heavy atom. The van der Waals surface area contributed by atoms with Crippen molar-refractivity contribution in [2.75, 3.05) is 13.6 Å². The van der Waals surface area contributed by atoms with Crippen LogP contribution in [0, 0.1) is 17.8 Å². The van der Waals surface area contributed by atoms with Crippen molar-refractivity contribution in [2.24, 2.45) is 22.7 Å². The third kappa shape index (κ3) is 6.11. The standard InChI is InChI=1S/C23H43N3/c1-16(2)14-18(4)24-20(6)25-23(21-11-8-10-17(3)15-21)22-12-9-13-26(7)19(22)5/h15-16,18-19,21-23H,8-14H2,1-7H3,(H,24,25). The number of nitrogens with zero attached hydrogens (tertiary/aromatic N) is 2. The highest BCUT2D eigenvalue weighted by Crippen LogP contribution is 2.36. The molecule has 1 heterocycles. The summed E-state index contributed by atoms with van der Waals surface area (Å²) >= 11 is 0. The van der Waals surface area contributed by atoms with Gasteiger partial charge < -0.3 is 10.2 Å². The molecule has 0 bridgehead atoms. The molecule has 0 radical (unpaired) electrons. The lowest BCUT2D eigenvalue weighted by Gasteiger charge is -2.42. The highest BCUT2D eigenvalue weighted by molar-refractivity contribution is 5.80. The van der Waals surface area contributed by atoms with Crippen molar-refractivity contribution in [1.82, 2.24) is 10.2 Å². The fourth-order valence-electron chi connectivity index (χ4n) is 5.11. The van der Waals surface area contributed by atoms with Crippen LogP contribution in [-0.2, 0) is 0 Å². The number of aliphatic imine (C=N–C) groups is 1. The first-order valence-electron chi connectivity index (χ1n) is 11.0. The molecule has 0 aromatic carbocycles. The quantitative estimate of drug-likeness (QED) is 0.396. The van der Waals surface area contributed by atoms with E-state index in [0.29, 0.717) is 30.0 Å². The van der Waals surface area contributed by atoms with E-state index in [9.17, 15) is 0 Å². The molecule has 3 heteroatoms. The number of nitrogens with one attached hydrogen (secondary N) is 1. The van der Waals surface area contributed by atoms with Gasteiger partial charge in [-0.1, -0.05) is 25.5 Å². The van der Waals surface area contributed by atoms with Gasteiger partial charge in [-0.05, 0) is 97.6 Å². The fraction of sp³-hybridized carbons (Fsp3) is 0.870. The molecule has 1 aliphatic heterocycles. The predicted molar refractivity (Wildman–Crippen MR) is 115 cm³/mol. The number of hydrogen-bond donors (Lipinski definition) is 1.